The van der Waals surface area contributed by atoms with Gasteiger partial charge in [-0.1, -0.05) is 41.3 Å². The summed E-state index contributed by atoms with van der Waals surface area (Å²) < 4.78 is 5.96. The van der Waals surface area contributed by atoms with Gasteiger partial charge in [-0.2, -0.15) is 0 Å². The first-order chi connectivity index (χ1) is 8.79. The minimum absolute atomic E-state index is 0.00382. The van der Waals surface area contributed by atoms with Crippen LogP contribution in [-0.2, 0) is 9.26 Å². The molecule has 0 N–H and O–H groups in total. The van der Waals surface area contributed by atoms with E-state index in [2.05, 4.69) is 24.8 Å². The van der Waals surface area contributed by atoms with Crippen LogP contribution in [0.4, 0.5) is 0 Å². The van der Waals surface area contributed by atoms with E-state index in [1.54, 1.807) is 12.1 Å². The molecule has 1 aromatic carbocycles. The maximum atomic E-state index is 6.20. The molecule has 0 unspecified atom stereocenters. The normalized spacial score (nSPS) is 23.2. The van der Waals surface area contributed by atoms with Gasteiger partial charge in [0.25, 0.3) is 0 Å². The molecule has 0 amide bonds. The predicted octanol–water partition coefficient (Wildman–Crippen LogP) is 4.54. The lowest BCUT2D eigenvalue weighted by Crippen LogP contribution is -2.36. The van der Waals surface area contributed by atoms with Crippen molar-refractivity contribution in [2.45, 2.75) is 32.9 Å². The minimum atomic E-state index is -1.69. The summed E-state index contributed by atoms with van der Waals surface area (Å²) in [5.74, 6) is 0.00382. The Kier molecular flexibility index (Phi) is 4.25. The summed E-state index contributed by atoms with van der Waals surface area (Å²) in [7, 11) is -1.69. The summed E-state index contributed by atoms with van der Waals surface area (Å²) >= 11 is 12.4. The Balaban J connectivity index is 2.25. The van der Waals surface area contributed by atoms with E-state index in [0.29, 0.717) is 10.0 Å². The fourth-order valence-electron chi connectivity index (χ4n) is 1.90. The molecule has 0 aliphatic carbocycles. The lowest BCUT2D eigenvalue weighted by molar-refractivity contribution is -0.0823. The molecule has 1 aromatic rings. The Morgan fingerprint density at radius 1 is 1.21 bits per heavy atom. The zero-order chi connectivity index (χ0) is 14.2. The third-order valence-corrected chi connectivity index (χ3v) is 4.35. The van der Waals surface area contributed by atoms with Crippen molar-refractivity contribution in [1.29, 1.82) is 0 Å². The second-order valence-electron chi connectivity index (χ2n) is 5.57. The molecule has 3 nitrogen and oxygen atoms in total. The van der Waals surface area contributed by atoms with E-state index in [1.165, 1.54) is 0 Å². The van der Waals surface area contributed by atoms with Gasteiger partial charge in [0, 0.05) is 5.56 Å². The summed E-state index contributed by atoms with van der Waals surface area (Å²) in [4.78, 5) is 5.40. The van der Waals surface area contributed by atoms with Crippen molar-refractivity contribution in [2.75, 3.05) is 0 Å². The first-order valence-corrected chi connectivity index (χ1v) is 10.3. The van der Waals surface area contributed by atoms with Crippen molar-refractivity contribution in [3.05, 3.63) is 33.8 Å². The molecule has 1 aliphatic rings. The second kappa shape index (κ2) is 5.44. The number of halogens is 2. The molecule has 1 aliphatic heterocycles. The molecule has 1 heterocycles. The van der Waals surface area contributed by atoms with E-state index in [-0.39, 0.29) is 12.2 Å². The molecule has 0 bridgehead atoms. The molecule has 19 heavy (non-hydrogen) atoms. The Hall–Kier alpha value is -0.553. The van der Waals surface area contributed by atoms with E-state index >= 15 is 0 Å². The standard InChI is InChI=1S/C13H17Cl2NO2Si/c1-8-12(11-9(14)6-5-7-10(11)15)16-17-13(8)18-19(2,3)4/h5-8,13H,1-4H3/t8-,13-/m1/s1. The van der Waals surface area contributed by atoms with Crippen LogP contribution >= 0.6 is 23.2 Å². The Morgan fingerprint density at radius 2 is 1.79 bits per heavy atom. The molecule has 0 aromatic heterocycles. The second-order valence-corrected chi connectivity index (χ2v) is 10.8. The Morgan fingerprint density at radius 3 is 2.32 bits per heavy atom. The molecule has 0 spiro atoms. The summed E-state index contributed by atoms with van der Waals surface area (Å²) in [6.07, 6.45) is -0.353. The molecule has 0 saturated carbocycles. The summed E-state index contributed by atoms with van der Waals surface area (Å²) in [6, 6.07) is 5.40. The lowest BCUT2D eigenvalue weighted by Gasteiger charge is -2.24. The van der Waals surface area contributed by atoms with Gasteiger partial charge in [-0.25, -0.2) is 0 Å². The molecular weight excluding hydrogens is 301 g/mol. The number of oxime groups is 1. The zero-order valence-corrected chi connectivity index (χ0v) is 13.9. The van der Waals surface area contributed by atoms with Gasteiger partial charge < -0.3 is 9.26 Å². The third-order valence-electron chi connectivity index (χ3n) is 2.78. The van der Waals surface area contributed by atoms with Gasteiger partial charge >= 0.3 is 0 Å². The van der Waals surface area contributed by atoms with Crippen LogP contribution in [-0.4, -0.2) is 20.3 Å². The molecule has 0 saturated heterocycles. The predicted molar refractivity (Wildman–Crippen MR) is 81.5 cm³/mol. The highest BCUT2D eigenvalue weighted by atomic mass is 35.5. The lowest BCUT2D eigenvalue weighted by atomic mass is 9.98. The number of hydrogen-bond donors (Lipinski definition) is 0. The summed E-state index contributed by atoms with van der Waals surface area (Å²) in [5.41, 5.74) is 1.49. The van der Waals surface area contributed by atoms with E-state index in [4.69, 9.17) is 32.5 Å². The van der Waals surface area contributed by atoms with E-state index < -0.39 is 8.32 Å². The number of benzene rings is 1. The van der Waals surface area contributed by atoms with Gasteiger partial charge in [-0.15, -0.1) is 0 Å². The topological polar surface area (TPSA) is 30.8 Å². The highest BCUT2D eigenvalue weighted by Crippen LogP contribution is 2.33. The van der Waals surface area contributed by atoms with Crippen LogP contribution in [0.2, 0.25) is 29.7 Å². The maximum absolute atomic E-state index is 6.20. The van der Waals surface area contributed by atoms with E-state index in [9.17, 15) is 0 Å². The fourth-order valence-corrected chi connectivity index (χ4v) is 3.44. The first kappa shape index (κ1) is 14.8. The van der Waals surface area contributed by atoms with Crippen LogP contribution < -0.4 is 0 Å². The molecule has 0 fully saturated rings. The maximum Gasteiger partial charge on any atom is 0.226 e. The van der Waals surface area contributed by atoms with Gasteiger partial charge in [0.2, 0.25) is 6.29 Å². The molecule has 2 rings (SSSR count). The SMILES string of the molecule is C[C@@H]1C(c2c(Cl)cccc2Cl)=NO[C@@H]1O[Si](C)(C)C. The average molecular weight is 318 g/mol. The molecule has 2 atom stereocenters. The highest BCUT2D eigenvalue weighted by Gasteiger charge is 2.36. The number of nitrogens with zero attached hydrogens (tertiary/aromatic N) is 1. The molecule has 0 radical (unpaired) electrons. The smallest absolute Gasteiger partial charge is 0.226 e. The first-order valence-electron chi connectivity index (χ1n) is 6.15. The average Bonchev–Trinajstić information content (AvgIpc) is 2.59. The Bertz CT molecular complexity index is 494. The summed E-state index contributed by atoms with van der Waals surface area (Å²) in [6.45, 7) is 8.35. The largest absolute Gasteiger partial charge is 0.382 e. The Labute approximate surface area is 124 Å². The van der Waals surface area contributed by atoms with Crippen molar-refractivity contribution in [3.8, 4) is 0 Å². The monoisotopic (exact) mass is 317 g/mol. The molecule has 6 heteroatoms. The van der Waals surface area contributed by atoms with Gasteiger partial charge in [0.15, 0.2) is 8.32 Å². The zero-order valence-electron chi connectivity index (χ0n) is 11.4. The van der Waals surface area contributed by atoms with Crippen LogP contribution in [0.5, 0.6) is 0 Å². The van der Waals surface area contributed by atoms with Crippen molar-refractivity contribution >= 4 is 37.2 Å². The summed E-state index contributed by atoms with van der Waals surface area (Å²) in [5, 5.41) is 5.28. The van der Waals surface area contributed by atoms with Crippen molar-refractivity contribution in [1.82, 2.24) is 0 Å². The third kappa shape index (κ3) is 3.31. The van der Waals surface area contributed by atoms with Crippen molar-refractivity contribution in [2.24, 2.45) is 11.1 Å². The quantitative estimate of drug-likeness (QED) is 0.766. The van der Waals surface area contributed by atoms with Crippen molar-refractivity contribution < 1.29 is 9.26 Å². The highest BCUT2D eigenvalue weighted by molar-refractivity contribution is 6.69. The van der Waals surface area contributed by atoms with Crippen LogP contribution in [0.15, 0.2) is 23.4 Å². The van der Waals surface area contributed by atoms with E-state index in [0.717, 1.165) is 11.3 Å². The van der Waals surface area contributed by atoms with Gasteiger partial charge in [0.05, 0.1) is 21.7 Å². The van der Waals surface area contributed by atoms with E-state index in [1.807, 2.05) is 13.0 Å². The number of hydrogen-bond acceptors (Lipinski definition) is 3. The van der Waals surface area contributed by atoms with Crippen molar-refractivity contribution in [3.63, 3.8) is 0 Å². The fraction of sp³-hybridized carbons (Fsp3) is 0.462. The molecular formula is C13H17Cl2NO2Si. The van der Waals surface area contributed by atoms with Gasteiger partial charge in [0.1, 0.15) is 0 Å². The van der Waals surface area contributed by atoms with Gasteiger partial charge in [-0.05, 0) is 31.8 Å². The van der Waals surface area contributed by atoms with Crippen LogP contribution in [0.25, 0.3) is 0 Å². The minimum Gasteiger partial charge on any atom is -0.382 e. The van der Waals surface area contributed by atoms with Crippen LogP contribution in [0, 0.1) is 5.92 Å². The van der Waals surface area contributed by atoms with Crippen LogP contribution in [0.1, 0.15) is 12.5 Å². The number of rotatable bonds is 3. The van der Waals surface area contributed by atoms with Crippen LogP contribution in [0.3, 0.4) is 0 Å². The molecule has 104 valence electrons. The van der Waals surface area contributed by atoms with Gasteiger partial charge in [-0.3, -0.25) is 0 Å².